The highest BCUT2D eigenvalue weighted by Crippen LogP contribution is 2.12. The molecule has 1 aromatic carbocycles. The molecule has 142 valence electrons. The van der Waals surface area contributed by atoms with Crippen LogP contribution in [-0.4, -0.2) is 55.9 Å². The van der Waals surface area contributed by atoms with Crippen molar-refractivity contribution in [2.24, 2.45) is 10.9 Å². The molecule has 0 aliphatic carbocycles. The predicted molar refractivity (Wildman–Crippen MR) is 101 cm³/mol. The van der Waals surface area contributed by atoms with Crippen molar-refractivity contribution in [2.75, 3.05) is 39.9 Å². The first-order chi connectivity index (χ1) is 12.1. The van der Waals surface area contributed by atoms with Gasteiger partial charge in [-0.25, -0.2) is 4.39 Å². The lowest BCUT2D eigenvalue weighted by Crippen LogP contribution is -2.41. The first-order valence-corrected chi connectivity index (χ1v) is 9.09. The van der Waals surface area contributed by atoms with Gasteiger partial charge in [-0.2, -0.15) is 0 Å². The minimum absolute atomic E-state index is 0.206. The van der Waals surface area contributed by atoms with Gasteiger partial charge in [0.1, 0.15) is 18.2 Å². The Morgan fingerprint density at radius 3 is 2.60 bits per heavy atom. The van der Waals surface area contributed by atoms with E-state index in [0.717, 1.165) is 31.8 Å². The van der Waals surface area contributed by atoms with Gasteiger partial charge in [0.2, 0.25) is 0 Å². The molecule has 0 fully saturated rings. The Bertz CT molecular complexity index is 488. The zero-order valence-corrected chi connectivity index (χ0v) is 15.7. The Morgan fingerprint density at radius 2 is 2.00 bits per heavy atom. The number of halogens is 1. The Labute approximate surface area is 150 Å². The minimum Gasteiger partial charge on any atom is -0.492 e. The Balaban J connectivity index is 2.51. The molecule has 0 spiro atoms. The van der Waals surface area contributed by atoms with E-state index in [2.05, 4.69) is 12.2 Å². The summed E-state index contributed by atoms with van der Waals surface area (Å²) in [5.41, 5.74) is 0. The standard InChI is InChI=1S/C19H32FN3O2/c1-4-6-16(11-13-24)15-22-19(21-5-2)23(3)12-14-25-18-9-7-17(20)8-10-18/h7-10,16,24H,4-6,11-15H2,1-3H3,(H,21,22). The summed E-state index contributed by atoms with van der Waals surface area (Å²) in [7, 11) is 1.97. The maximum Gasteiger partial charge on any atom is 0.193 e. The summed E-state index contributed by atoms with van der Waals surface area (Å²) in [4.78, 5) is 6.73. The second kappa shape index (κ2) is 12.5. The Hall–Kier alpha value is -1.82. The average Bonchev–Trinajstić information content (AvgIpc) is 2.60. The average molecular weight is 353 g/mol. The lowest BCUT2D eigenvalue weighted by Gasteiger charge is -2.23. The Morgan fingerprint density at radius 1 is 1.28 bits per heavy atom. The number of nitrogens with one attached hydrogen (secondary N) is 1. The first kappa shape index (κ1) is 21.2. The largest absolute Gasteiger partial charge is 0.492 e. The zero-order chi connectivity index (χ0) is 18.5. The fourth-order valence-corrected chi connectivity index (χ4v) is 2.54. The van der Waals surface area contributed by atoms with Gasteiger partial charge in [0, 0.05) is 26.7 Å². The molecule has 6 heteroatoms. The summed E-state index contributed by atoms with van der Waals surface area (Å²) in [5.74, 6) is 1.63. The third kappa shape index (κ3) is 8.72. The molecule has 5 nitrogen and oxygen atoms in total. The van der Waals surface area contributed by atoms with Crippen molar-refractivity contribution in [1.82, 2.24) is 10.2 Å². The molecule has 0 aromatic heterocycles. The number of likely N-dealkylation sites (N-methyl/N-ethyl adjacent to an activating group) is 1. The summed E-state index contributed by atoms with van der Waals surface area (Å²) < 4.78 is 18.5. The number of aliphatic hydroxyl groups is 1. The molecule has 0 radical (unpaired) electrons. The molecule has 0 amide bonds. The number of guanidine groups is 1. The SMILES string of the molecule is CCCC(CCO)CN=C(NCC)N(C)CCOc1ccc(F)cc1. The Kier molecular flexibility index (Phi) is 10.6. The van der Waals surface area contributed by atoms with E-state index in [4.69, 9.17) is 14.8 Å². The molecule has 0 bridgehead atoms. The predicted octanol–water partition coefficient (Wildman–Crippen LogP) is 2.90. The molecule has 1 rings (SSSR count). The van der Waals surface area contributed by atoms with Crippen molar-refractivity contribution < 1.29 is 14.2 Å². The van der Waals surface area contributed by atoms with Gasteiger partial charge in [0.05, 0.1) is 6.54 Å². The van der Waals surface area contributed by atoms with E-state index in [1.807, 2.05) is 18.9 Å². The number of hydrogen-bond acceptors (Lipinski definition) is 3. The van der Waals surface area contributed by atoms with Crippen LogP contribution in [0.1, 0.15) is 33.1 Å². The van der Waals surface area contributed by atoms with Crippen molar-refractivity contribution in [3.8, 4) is 5.75 Å². The van der Waals surface area contributed by atoms with Crippen LogP contribution in [0.2, 0.25) is 0 Å². The fraction of sp³-hybridized carbons (Fsp3) is 0.632. The molecule has 0 saturated heterocycles. The highest BCUT2D eigenvalue weighted by molar-refractivity contribution is 5.79. The lowest BCUT2D eigenvalue weighted by molar-refractivity contribution is 0.253. The maximum atomic E-state index is 12.9. The van der Waals surface area contributed by atoms with Gasteiger partial charge in [-0.05, 0) is 49.9 Å². The normalized spacial score (nSPS) is 12.8. The second-order valence-corrected chi connectivity index (χ2v) is 6.09. The molecule has 2 N–H and O–H groups in total. The number of rotatable bonds is 11. The number of benzene rings is 1. The first-order valence-electron chi connectivity index (χ1n) is 9.09. The number of aliphatic hydroxyl groups excluding tert-OH is 1. The molecule has 1 atom stereocenters. The van der Waals surface area contributed by atoms with Crippen LogP contribution in [0.25, 0.3) is 0 Å². The van der Waals surface area contributed by atoms with Crippen LogP contribution in [0.3, 0.4) is 0 Å². The van der Waals surface area contributed by atoms with Gasteiger partial charge in [0.25, 0.3) is 0 Å². The molecule has 0 aliphatic rings. The summed E-state index contributed by atoms with van der Waals surface area (Å²) in [5, 5.41) is 12.5. The molecule has 1 aromatic rings. The van der Waals surface area contributed by atoms with Crippen molar-refractivity contribution in [3.63, 3.8) is 0 Å². The number of ether oxygens (including phenoxy) is 1. The highest BCUT2D eigenvalue weighted by atomic mass is 19.1. The quantitative estimate of drug-likeness (QED) is 0.474. The lowest BCUT2D eigenvalue weighted by atomic mass is 10.0. The highest BCUT2D eigenvalue weighted by Gasteiger charge is 2.10. The van der Waals surface area contributed by atoms with E-state index in [-0.39, 0.29) is 12.4 Å². The van der Waals surface area contributed by atoms with E-state index in [0.29, 0.717) is 31.4 Å². The van der Waals surface area contributed by atoms with Gasteiger partial charge in [-0.15, -0.1) is 0 Å². The van der Waals surface area contributed by atoms with Crippen molar-refractivity contribution in [3.05, 3.63) is 30.1 Å². The van der Waals surface area contributed by atoms with Crippen LogP contribution >= 0.6 is 0 Å². The third-order valence-electron chi connectivity index (χ3n) is 3.94. The van der Waals surface area contributed by atoms with Gasteiger partial charge in [-0.3, -0.25) is 4.99 Å². The molecular weight excluding hydrogens is 321 g/mol. The van der Waals surface area contributed by atoms with E-state index >= 15 is 0 Å². The molecule has 1 unspecified atom stereocenters. The van der Waals surface area contributed by atoms with Crippen LogP contribution in [0.5, 0.6) is 5.75 Å². The van der Waals surface area contributed by atoms with E-state index < -0.39 is 0 Å². The molecule has 0 aliphatic heterocycles. The van der Waals surface area contributed by atoms with Gasteiger partial charge >= 0.3 is 0 Å². The van der Waals surface area contributed by atoms with Crippen molar-refractivity contribution >= 4 is 5.96 Å². The molecule has 0 saturated carbocycles. The summed E-state index contributed by atoms with van der Waals surface area (Å²) in [6.45, 7) is 7.05. The van der Waals surface area contributed by atoms with Crippen LogP contribution in [0.15, 0.2) is 29.3 Å². The van der Waals surface area contributed by atoms with Crippen LogP contribution < -0.4 is 10.1 Å². The van der Waals surface area contributed by atoms with Crippen molar-refractivity contribution in [2.45, 2.75) is 33.1 Å². The molecule has 0 heterocycles. The zero-order valence-electron chi connectivity index (χ0n) is 15.7. The third-order valence-corrected chi connectivity index (χ3v) is 3.94. The molecular formula is C19H32FN3O2. The van der Waals surface area contributed by atoms with Gasteiger partial charge < -0.3 is 20.1 Å². The summed E-state index contributed by atoms with van der Waals surface area (Å²) >= 11 is 0. The number of aliphatic imine (C=N–C) groups is 1. The monoisotopic (exact) mass is 353 g/mol. The van der Waals surface area contributed by atoms with E-state index in [1.54, 1.807) is 12.1 Å². The van der Waals surface area contributed by atoms with E-state index in [9.17, 15) is 4.39 Å². The van der Waals surface area contributed by atoms with Crippen LogP contribution in [-0.2, 0) is 0 Å². The maximum absolute atomic E-state index is 12.9. The number of nitrogens with zero attached hydrogens (tertiary/aromatic N) is 2. The smallest absolute Gasteiger partial charge is 0.193 e. The summed E-state index contributed by atoms with van der Waals surface area (Å²) in [6.07, 6.45) is 2.95. The second-order valence-electron chi connectivity index (χ2n) is 6.09. The van der Waals surface area contributed by atoms with Crippen molar-refractivity contribution in [1.29, 1.82) is 0 Å². The fourth-order valence-electron chi connectivity index (χ4n) is 2.54. The topological polar surface area (TPSA) is 57.1 Å². The molecule has 25 heavy (non-hydrogen) atoms. The summed E-state index contributed by atoms with van der Waals surface area (Å²) in [6, 6.07) is 6.02. The van der Waals surface area contributed by atoms with Gasteiger partial charge in [-0.1, -0.05) is 13.3 Å². The van der Waals surface area contributed by atoms with Crippen LogP contribution in [0.4, 0.5) is 4.39 Å². The number of hydrogen-bond donors (Lipinski definition) is 2. The minimum atomic E-state index is -0.268. The van der Waals surface area contributed by atoms with Crippen LogP contribution in [0, 0.1) is 11.7 Å². The van der Waals surface area contributed by atoms with E-state index in [1.165, 1.54) is 12.1 Å². The van der Waals surface area contributed by atoms with Gasteiger partial charge in [0.15, 0.2) is 5.96 Å².